The van der Waals surface area contributed by atoms with Gasteiger partial charge in [0.25, 0.3) is 0 Å². The average Bonchev–Trinajstić information content (AvgIpc) is 2.99. The maximum absolute atomic E-state index is 11.9. The summed E-state index contributed by atoms with van der Waals surface area (Å²) < 4.78 is 29.6. The standard InChI is InChI=1S/C34H42I6O6/c35-25-21-27(37)33(28(38)22-25)45-19-11-7-3-1-5-9-15-31(41)43-17-13-14-18-44-32(42)16-10-6-2-4-8-12-20-46-34-29(39)23-26(36)24-30(34)40/h13-14,21-24H,1-12,15-20H2/b14-13-. The van der Waals surface area contributed by atoms with Crippen molar-refractivity contribution < 1.29 is 28.5 Å². The first-order chi connectivity index (χ1) is 22.2. The third kappa shape index (κ3) is 20.1. The molecule has 0 aliphatic heterocycles. The smallest absolute Gasteiger partial charge is 0.306 e. The molecule has 0 N–H and O–H groups in total. The number of carbonyl (C=O) groups excluding carboxylic acids is 2. The van der Waals surface area contributed by atoms with Gasteiger partial charge in [-0.15, -0.1) is 0 Å². The average molecular weight is 1310 g/mol. The summed E-state index contributed by atoms with van der Waals surface area (Å²) in [7, 11) is 0. The van der Waals surface area contributed by atoms with Gasteiger partial charge in [-0.25, -0.2) is 0 Å². The van der Waals surface area contributed by atoms with E-state index >= 15 is 0 Å². The van der Waals surface area contributed by atoms with E-state index in [1.807, 2.05) is 0 Å². The van der Waals surface area contributed by atoms with Crippen LogP contribution in [0.15, 0.2) is 36.4 Å². The molecule has 0 saturated carbocycles. The molecule has 0 spiro atoms. The van der Waals surface area contributed by atoms with Gasteiger partial charge in [0.05, 0.1) is 27.5 Å². The molecule has 2 aromatic carbocycles. The van der Waals surface area contributed by atoms with Crippen LogP contribution in [0.25, 0.3) is 0 Å². The van der Waals surface area contributed by atoms with Gasteiger partial charge in [-0.2, -0.15) is 0 Å². The molecule has 256 valence electrons. The number of esters is 2. The van der Waals surface area contributed by atoms with E-state index in [4.69, 9.17) is 18.9 Å². The molecule has 0 radical (unpaired) electrons. The summed E-state index contributed by atoms with van der Waals surface area (Å²) in [6, 6.07) is 8.54. The molecule has 0 aromatic heterocycles. The van der Waals surface area contributed by atoms with Crippen LogP contribution in [0.2, 0.25) is 0 Å². The maximum atomic E-state index is 11.9. The summed E-state index contributed by atoms with van der Waals surface area (Å²) in [5.41, 5.74) is 0. The Morgan fingerprint density at radius 2 is 0.783 bits per heavy atom. The normalized spacial score (nSPS) is 11.2. The highest BCUT2D eigenvalue weighted by atomic mass is 127. The SMILES string of the molecule is O=C(CCCCCCCCOc1c(I)cc(I)cc1I)OC/C=C\COC(=O)CCCCCCCCOc1c(I)cc(I)cc1I. The summed E-state index contributed by atoms with van der Waals surface area (Å²) in [6.45, 7) is 1.89. The first kappa shape index (κ1) is 43.3. The summed E-state index contributed by atoms with van der Waals surface area (Å²) in [5.74, 6) is 1.62. The highest BCUT2D eigenvalue weighted by Crippen LogP contribution is 2.31. The lowest BCUT2D eigenvalue weighted by Crippen LogP contribution is -2.06. The second-order valence-electron chi connectivity index (χ2n) is 10.7. The molecular weight excluding hydrogens is 1270 g/mol. The van der Waals surface area contributed by atoms with Crippen LogP contribution < -0.4 is 9.47 Å². The summed E-state index contributed by atoms with van der Waals surface area (Å²) >= 11 is 14.0. The van der Waals surface area contributed by atoms with E-state index in [-0.39, 0.29) is 25.2 Å². The number of halogens is 6. The Labute approximate surface area is 356 Å². The Balaban J connectivity index is 1.34. The fourth-order valence-corrected chi connectivity index (χ4v) is 12.2. The second-order valence-corrected chi connectivity index (χ2v) is 17.8. The minimum atomic E-state index is -0.181. The zero-order chi connectivity index (χ0) is 33.6. The van der Waals surface area contributed by atoms with E-state index in [0.29, 0.717) is 12.8 Å². The van der Waals surface area contributed by atoms with Gasteiger partial charge in [0.2, 0.25) is 0 Å². The minimum absolute atomic E-state index is 0.181. The van der Waals surface area contributed by atoms with Crippen LogP contribution in [0.1, 0.15) is 89.9 Å². The van der Waals surface area contributed by atoms with Crippen molar-refractivity contribution in [2.75, 3.05) is 26.4 Å². The molecule has 0 saturated heterocycles. The Hall–Kier alpha value is 1.10. The van der Waals surface area contributed by atoms with E-state index in [1.165, 1.54) is 7.14 Å². The summed E-state index contributed by atoms with van der Waals surface area (Å²) in [4.78, 5) is 23.9. The van der Waals surface area contributed by atoms with E-state index in [1.54, 1.807) is 12.2 Å². The quantitative estimate of drug-likeness (QED) is 0.0451. The number of benzene rings is 2. The van der Waals surface area contributed by atoms with Crippen molar-refractivity contribution in [3.05, 3.63) is 57.8 Å². The maximum Gasteiger partial charge on any atom is 0.306 e. The lowest BCUT2D eigenvalue weighted by Gasteiger charge is -2.11. The molecule has 6 nitrogen and oxygen atoms in total. The van der Waals surface area contributed by atoms with Gasteiger partial charge >= 0.3 is 11.9 Å². The molecule has 0 aliphatic carbocycles. The molecule has 0 heterocycles. The number of rotatable bonds is 24. The van der Waals surface area contributed by atoms with Gasteiger partial charge in [-0.1, -0.05) is 51.4 Å². The molecule has 0 bridgehead atoms. The van der Waals surface area contributed by atoms with E-state index in [0.717, 1.165) is 116 Å². The number of unbranched alkanes of at least 4 members (excludes halogenated alkanes) is 10. The Morgan fingerprint density at radius 3 is 1.13 bits per heavy atom. The molecular formula is C34H42I6O6. The molecule has 46 heavy (non-hydrogen) atoms. The van der Waals surface area contributed by atoms with E-state index in [2.05, 4.69) is 160 Å². The van der Waals surface area contributed by atoms with Crippen LogP contribution in [0, 0.1) is 21.4 Å². The van der Waals surface area contributed by atoms with Gasteiger partial charge in [0, 0.05) is 20.0 Å². The minimum Gasteiger partial charge on any atom is -0.491 e. The molecule has 0 aliphatic rings. The van der Waals surface area contributed by atoms with Gasteiger partial charge < -0.3 is 18.9 Å². The molecule has 0 fully saturated rings. The van der Waals surface area contributed by atoms with Crippen molar-refractivity contribution in [1.82, 2.24) is 0 Å². The fraction of sp³-hybridized carbons (Fsp3) is 0.529. The number of ether oxygens (including phenoxy) is 4. The summed E-state index contributed by atoms with van der Waals surface area (Å²) in [5, 5.41) is 0. The molecule has 0 atom stereocenters. The fourth-order valence-electron chi connectivity index (χ4n) is 4.40. The molecule has 0 amide bonds. The van der Waals surface area contributed by atoms with Crippen molar-refractivity contribution in [2.24, 2.45) is 0 Å². The predicted molar refractivity (Wildman–Crippen MR) is 236 cm³/mol. The van der Waals surface area contributed by atoms with E-state index in [9.17, 15) is 9.59 Å². The molecule has 12 heteroatoms. The Bertz CT molecular complexity index is 1100. The third-order valence-corrected chi connectivity index (χ3v) is 11.3. The van der Waals surface area contributed by atoms with Gasteiger partial charge in [-0.05, 0) is 198 Å². The van der Waals surface area contributed by atoms with Crippen LogP contribution in [0.5, 0.6) is 11.5 Å². The number of carbonyl (C=O) groups is 2. The molecule has 2 aromatic rings. The summed E-state index contributed by atoms with van der Waals surface area (Å²) in [6.07, 6.45) is 16.9. The Kier molecular flexibility index (Phi) is 25.2. The van der Waals surface area contributed by atoms with Crippen LogP contribution in [-0.2, 0) is 19.1 Å². The van der Waals surface area contributed by atoms with Crippen LogP contribution in [0.4, 0.5) is 0 Å². The zero-order valence-corrected chi connectivity index (χ0v) is 38.9. The van der Waals surface area contributed by atoms with Crippen LogP contribution >= 0.6 is 136 Å². The molecule has 2 rings (SSSR count). The highest BCUT2D eigenvalue weighted by molar-refractivity contribution is 14.1. The van der Waals surface area contributed by atoms with Crippen molar-refractivity contribution in [3.8, 4) is 11.5 Å². The third-order valence-electron chi connectivity index (χ3n) is 6.82. The first-order valence-corrected chi connectivity index (χ1v) is 22.2. The van der Waals surface area contributed by atoms with Gasteiger partial charge in [-0.3, -0.25) is 9.59 Å². The lowest BCUT2D eigenvalue weighted by molar-refractivity contribution is -0.143. The van der Waals surface area contributed by atoms with Crippen molar-refractivity contribution in [3.63, 3.8) is 0 Å². The largest absolute Gasteiger partial charge is 0.491 e. The Morgan fingerprint density at radius 1 is 0.478 bits per heavy atom. The lowest BCUT2D eigenvalue weighted by atomic mass is 10.1. The number of hydrogen-bond donors (Lipinski definition) is 0. The zero-order valence-electron chi connectivity index (χ0n) is 25.9. The van der Waals surface area contributed by atoms with Crippen molar-refractivity contribution in [2.45, 2.75) is 89.9 Å². The van der Waals surface area contributed by atoms with Crippen molar-refractivity contribution >= 4 is 147 Å². The number of hydrogen-bond acceptors (Lipinski definition) is 6. The van der Waals surface area contributed by atoms with Crippen molar-refractivity contribution in [1.29, 1.82) is 0 Å². The highest BCUT2D eigenvalue weighted by Gasteiger charge is 2.09. The van der Waals surface area contributed by atoms with Gasteiger partial charge in [0.1, 0.15) is 24.7 Å². The topological polar surface area (TPSA) is 71.1 Å². The van der Waals surface area contributed by atoms with E-state index < -0.39 is 0 Å². The monoisotopic (exact) mass is 1310 g/mol. The predicted octanol–water partition coefficient (Wildman–Crippen LogP) is 11.9. The first-order valence-electron chi connectivity index (χ1n) is 15.7. The van der Waals surface area contributed by atoms with Gasteiger partial charge in [0.15, 0.2) is 0 Å². The van der Waals surface area contributed by atoms with Crippen LogP contribution in [0.3, 0.4) is 0 Å². The van der Waals surface area contributed by atoms with Crippen LogP contribution in [-0.4, -0.2) is 38.4 Å². The molecule has 0 unspecified atom stereocenters. The second kappa shape index (κ2) is 26.8.